The zero-order valence-electron chi connectivity index (χ0n) is 16.7. The van der Waals surface area contributed by atoms with Gasteiger partial charge in [-0.2, -0.15) is 0 Å². The number of benzene rings is 2. The van der Waals surface area contributed by atoms with Gasteiger partial charge in [-0.3, -0.25) is 4.90 Å². The normalized spacial score (nSPS) is 17.1. The lowest BCUT2D eigenvalue weighted by Crippen LogP contribution is -2.28. The number of carbonyl (C=O) groups is 1. The van der Waals surface area contributed by atoms with E-state index in [4.69, 9.17) is 9.15 Å². The first-order chi connectivity index (χ1) is 14.1. The lowest BCUT2D eigenvalue weighted by molar-refractivity contribution is 0.0528. The smallest absolute Gasteiger partial charge is 0.342 e. The van der Waals surface area contributed by atoms with Crippen LogP contribution in [0.3, 0.4) is 0 Å². The van der Waals surface area contributed by atoms with Gasteiger partial charge in [0.25, 0.3) is 0 Å². The van der Waals surface area contributed by atoms with Crippen molar-refractivity contribution in [3.63, 3.8) is 0 Å². The Labute approximate surface area is 174 Å². The Kier molecular flexibility index (Phi) is 5.83. The maximum absolute atomic E-state index is 12.9. The highest BCUT2D eigenvalue weighted by Crippen LogP contribution is 2.39. The van der Waals surface area contributed by atoms with E-state index < -0.39 is 5.97 Å². The summed E-state index contributed by atoms with van der Waals surface area (Å²) in [5.74, 6) is 1.36. The molecule has 0 amide bonds. The van der Waals surface area contributed by atoms with E-state index in [1.54, 1.807) is 19.1 Å². The Morgan fingerprint density at radius 3 is 2.76 bits per heavy atom. The second-order valence-electron chi connectivity index (χ2n) is 7.09. The monoisotopic (exact) mass is 411 g/mol. The summed E-state index contributed by atoms with van der Waals surface area (Å²) in [7, 11) is 0. The molecule has 2 heterocycles. The Bertz CT molecular complexity index is 1010. The number of nitrogens with zero attached hydrogens (tertiary/aromatic N) is 1. The second kappa shape index (κ2) is 8.51. The van der Waals surface area contributed by atoms with Gasteiger partial charge in [-0.15, -0.1) is 11.8 Å². The molecule has 1 N–H and O–H groups in total. The summed E-state index contributed by atoms with van der Waals surface area (Å²) in [6, 6.07) is 12.9. The van der Waals surface area contributed by atoms with Gasteiger partial charge in [0.1, 0.15) is 22.7 Å². The summed E-state index contributed by atoms with van der Waals surface area (Å²) in [5, 5.41) is 11.8. The third kappa shape index (κ3) is 3.87. The van der Waals surface area contributed by atoms with E-state index in [0.29, 0.717) is 34.1 Å². The van der Waals surface area contributed by atoms with Crippen LogP contribution in [-0.4, -0.2) is 46.8 Å². The first-order valence-electron chi connectivity index (χ1n) is 9.95. The number of carbonyl (C=O) groups excluding carboxylic acids is 1. The predicted octanol–water partition coefficient (Wildman–Crippen LogP) is 4.92. The van der Waals surface area contributed by atoms with Crippen molar-refractivity contribution in [3.05, 3.63) is 53.6 Å². The van der Waals surface area contributed by atoms with Gasteiger partial charge in [0.15, 0.2) is 0 Å². The zero-order valence-corrected chi connectivity index (χ0v) is 17.5. The Morgan fingerprint density at radius 2 is 2.07 bits per heavy atom. The van der Waals surface area contributed by atoms with Crippen LogP contribution in [0.5, 0.6) is 5.75 Å². The molecule has 2 aromatic carbocycles. The molecular formula is C23H25NO4S. The molecular weight excluding hydrogens is 386 g/mol. The van der Waals surface area contributed by atoms with Crippen LogP contribution in [0, 0.1) is 0 Å². The van der Waals surface area contributed by atoms with Crippen LogP contribution in [0.1, 0.15) is 29.8 Å². The molecule has 1 aliphatic heterocycles. The van der Waals surface area contributed by atoms with Crippen molar-refractivity contribution in [3.8, 4) is 17.1 Å². The van der Waals surface area contributed by atoms with E-state index in [2.05, 4.69) is 11.8 Å². The van der Waals surface area contributed by atoms with Gasteiger partial charge in [0.2, 0.25) is 0 Å². The number of phenols is 1. The topological polar surface area (TPSA) is 62.9 Å². The second-order valence-corrected chi connectivity index (χ2v) is 8.51. The van der Waals surface area contributed by atoms with Gasteiger partial charge in [-0.1, -0.05) is 30.3 Å². The molecule has 1 atom stereocenters. The Morgan fingerprint density at radius 1 is 1.28 bits per heavy atom. The summed E-state index contributed by atoms with van der Waals surface area (Å²) < 4.78 is 11.5. The lowest BCUT2D eigenvalue weighted by Gasteiger charge is -2.20. The molecule has 3 aromatic rings. The van der Waals surface area contributed by atoms with Crippen LogP contribution >= 0.6 is 11.8 Å². The minimum atomic E-state index is -0.429. The Hall–Kier alpha value is -2.44. The molecule has 0 spiro atoms. The molecule has 29 heavy (non-hydrogen) atoms. The standard InChI is InChI=1S/C23H25NO4S/c1-3-27-23(26)21-20-17(11-12-24-13-14-29-15(24)2)18(25)9-10-19(20)28-22(21)16-7-5-4-6-8-16/h4-10,15,25H,3,11-14H2,1-2H3. The summed E-state index contributed by atoms with van der Waals surface area (Å²) >= 11 is 1.94. The number of phenolic OH excluding ortho intramolecular Hbond substituents is 1. The highest BCUT2D eigenvalue weighted by Gasteiger charge is 2.27. The molecule has 6 heteroatoms. The molecule has 1 saturated heterocycles. The van der Waals surface area contributed by atoms with Crippen LogP contribution in [0.2, 0.25) is 0 Å². The van der Waals surface area contributed by atoms with Crippen LogP contribution in [0.4, 0.5) is 0 Å². The quantitative estimate of drug-likeness (QED) is 0.581. The third-order valence-corrected chi connectivity index (χ3v) is 6.55. The van der Waals surface area contributed by atoms with E-state index >= 15 is 0 Å². The van der Waals surface area contributed by atoms with Gasteiger partial charge in [-0.05, 0) is 32.4 Å². The molecule has 1 unspecified atom stereocenters. The predicted molar refractivity (Wildman–Crippen MR) is 116 cm³/mol. The lowest BCUT2D eigenvalue weighted by atomic mass is 9.99. The third-order valence-electron chi connectivity index (χ3n) is 5.36. The minimum absolute atomic E-state index is 0.183. The van der Waals surface area contributed by atoms with E-state index in [1.165, 1.54) is 0 Å². The molecule has 1 fully saturated rings. The van der Waals surface area contributed by atoms with Crippen molar-refractivity contribution in [1.82, 2.24) is 4.90 Å². The van der Waals surface area contributed by atoms with Crippen LogP contribution in [-0.2, 0) is 11.2 Å². The number of fused-ring (bicyclic) bond motifs is 1. The highest BCUT2D eigenvalue weighted by molar-refractivity contribution is 8.00. The van der Waals surface area contributed by atoms with Gasteiger partial charge >= 0.3 is 5.97 Å². The molecule has 1 aliphatic rings. The molecule has 0 radical (unpaired) electrons. The number of hydrogen-bond donors (Lipinski definition) is 1. The van der Waals surface area contributed by atoms with E-state index in [9.17, 15) is 9.90 Å². The summed E-state index contributed by atoms with van der Waals surface area (Å²) in [6.07, 6.45) is 0.633. The maximum atomic E-state index is 12.9. The van der Waals surface area contributed by atoms with Crippen molar-refractivity contribution in [2.24, 2.45) is 0 Å². The average Bonchev–Trinajstić information content (AvgIpc) is 3.31. The number of furan rings is 1. The van der Waals surface area contributed by atoms with E-state index in [1.807, 2.05) is 42.1 Å². The first-order valence-corrected chi connectivity index (χ1v) is 11.0. The number of rotatable bonds is 6. The fourth-order valence-corrected chi connectivity index (χ4v) is 4.97. The van der Waals surface area contributed by atoms with Gasteiger partial charge < -0.3 is 14.3 Å². The number of hydrogen-bond acceptors (Lipinski definition) is 6. The van der Waals surface area contributed by atoms with E-state index in [-0.39, 0.29) is 12.4 Å². The van der Waals surface area contributed by atoms with Crippen molar-refractivity contribution in [1.29, 1.82) is 0 Å². The number of aromatic hydroxyl groups is 1. The molecule has 0 aliphatic carbocycles. The summed E-state index contributed by atoms with van der Waals surface area (Å²) in [4.78, 5) is 15.3. The van der Waals surface area contributed by atoms with Crippen molar-refractivity contribution < 1.29 is 19.1 Å². The van der Waals surface area contributed by atoms with Crippen LogP contribution in [0.15, 0.2) is 46.9 Å². The number of ether oxygens (including phenoxy) is 1. The van der Waals surface area contributed by atoms with Gasteiger partial charge in [0.05, 0.1) is 12.0 Å². The van der Waals surface area contributed by atoms with Crippen LogP contribution < -0.4 is 0 Å². The fourth-order valence-electron chi connectivity index (χ4n) is 3.87. The summed E-state index contributed by atoms with van der Waals surface area (Å²) in [6.45, 7) is 6.11. The molecule has 5 nitrogen and oxygen atoms in total. The minimum Gasteiger partial charge on any atom is -0.508 e. The number of esters is 1. The fraction of sp³-hybridized carbons (Fsp3) is 0.348. The number of thioether (sulfide) groups is 1. The van der Waals surface area contributed by atoms with Crippen LogP contribution in [0.25, 0.3) is 22.3 Å². The molecule has 4 rings (SSSR count). The average molecular weight is 412 g/mol. The van der Waals surface area contributed by atoms with Crippen molar-refractivity contribution in [2.75, 3.05) is 25.4 Å². The zero-order chi connectivity index (χ0) is 20.4. The largest absolute Gasteiger partial charge is 0.508 e. The maximum Gasteiger partial charge on any atom is 0.342 e. The van der Waals surface area contributed by atoms with Crippen molar-refractivity contribution in [2.45, 2.75) is 25.6 Å². The van der Waals surface area contributed by atoms with Crippen molar-refractivity contribution >= 4 is 28.7 Å². The van der Waals surface area contributed by atoms with E-state index in [0.717, 1.165) is 30.0 Å². The van der Waals surface area contributed by atoms with Gasteiger partial charge in [0, 0.05) is 35.4 Å². The molecule has 152 valence electrons. The molecule has 1 aromatic heterocycles. The summed E-state index contributed by atoms with van der Waals surface area (Å²) in [5.41, 5.74) is 2.52. The highest BCUT2D eigenvalue weighted by atomic mass is 32.2. The Balaban J connectivity index is 1.83. The first kappa shape index (κ1) is 19.9. The molecule has 0 saturated carbocycles. The SMILES string of the molecule is CCOC(=O)c1c(-c2ccccc2)oc2ccc(O)c(CCN3CCSC3C)c12. The molecule has 0 bridgehead atoms. The van der Waals surface area contributed by atoms with Gasteiger partial charge in [-0.25, -0.2) is 4.79 Å².